The third-order valence-electron chi connectivity index (χ3n) is 5.77. The fourth-order valence-electron chi connectivity index (χ4n) is 3.79. The predicted molar refractivity (Wildman–Crippen MR) is 136 cm³/mol. The summed E-state index contributed by atoms with van der Waals surface area (Å²) in [7, 11) is -7.19. The monoisotopic (exact) mass is 545 g/mol. The van der Waals surface area contributed by atoms with Crippen LogP contribution in [0, 0.1) is 0 Å². The Hall–Kier alpha value is -3.01. The molecule has 0 atom stereocenters. The van der Waals surface area contributed by atoms with Crippen LogP contribution in [0.3, 0.4) is 0 Å². The molecule has 11 heteroatoms. The third kappa shape index (κ3) is 5.95. The van der Waals surface area contributed by atoms with Gasteiger partial charge in [-0.25, -0.2) is 17.3 Å². The lowest BCUT2D eigenvalue weighted by atomic mass is 9.96. The van der Waals surface area contributed by atoms with Gasteiger partial charge in [0.1, 0.15) is 17.4 Å². The number of sulfonamides is 1. The van der Waals surface area contributed by atoms with Gasteiger partial charge in [-0.15, -0.1) is 0 Å². The maximum absolute atomic E-state index is 13.6. The van der Waals surface area contributed by atoms with Gasteiger partial charge < -0.3 is 4.74 Å². The maximum atomic E-state index is 13.6. The molecule has 3 aromatic carbocycles. The number of carbonyl (C=O) groups excluding carboxylic acids is 1. The SMILES string of the molecule is COc1cc(C(C)C)c2c(c1)S(=O)(=O)N(COP(=O)(OCc1ccccc1)OCc1ccccc1)C2=O. The number of carbonyl (C=O) groups is 1. The summed E-state index contributed by atoms with van der Waals surface area (Å²) in [4.78, 5) is 13.1. The topological polar surface area (TPSA) is 108 Å². The van der Waals surface area contributed by atoms with Gasteiger partial charge in [0.05, 0.1) is 25.9 Å². The van der Waals surface area contributed by atoms with Gasteiger partial charge in [0.2, 0.25) is 0 Å². The molecule has 4 rings (SSSR count). The summed E-state index contributed by atoms with van der Waals surface area (Å²) in [5.74, 6) is -0.623. The Morgan fingerprint density at radius 2 is 1.41 bits per heavy atom. The first-order chi connectivity index (χ1) is 17.6. The Morgan fingerprint density at radius 1 is 0.865 bits per heavy atom. The standard InChI is InChI=1S/C26H28NO8PS/c1-19(2)23-14-22(32-3)15-24-25(23)26(28)27(37(24,30)31)18-35-36(29,33-16-20-10-6-4-7-11-20)34-17-21-12-8-5-9-13-21/h4-15,19H,16-18H2,1-3H3. The van der Waals surface area contributed by atoms with Crippen molar-refractivity contribution in [1.82, 2.24) is 4.31 Å². The van der Waals surface area contributed by atoms with E-state index in [0.717, 1.165) is 0 Å². The molecule has 1 heterocycles. The number of ether oxygens (including phenoxy) is 1. The molecule has 3 aromatic rings. The minimum Gasteiger partial charge on any atom is -0.497 e. The van der Waals surface area contributed by atoms with Crippen molar-refractivity contribution in [3.8, 4) is 5.75 Å². The second-order valence-electron chi connectivity index (χ2n) is 8.63. The lowest BCUT2D eigenvalue weighted by Gasteiger charge is -2.21. The average Bonchev–Trinajstić information content (AvgIpc) is 3.10. The van der Waals surface area contributed by atoms with Crippen LogP contribution >= 0.6 is 7.82 Å². The van der Waals surface area contributed by atoms with Crippen LogP contribution < -0.4 is 4.74 Å². The van der Waals surface area contributed by atoms with Gasteiger partial charge in [0.15, 0.2) is 0 Å². The van der Waals surface area contributed by atoms with E-state index >= 15 is 0 Å². The van der Waals surface area contributed by atoms with E-state index in [-0.39, 0.29) is 29.6 Å². The van der Waals surface area contributed by atoms with Gasteiger partial charge in [-0.05, 0) is 28.7 Å². The van der Waals surface area contributed by atoms with Crippen molar-refractivity contribution in [3.05, 3.63) is 95.1 Å². The van der Waals surface area contributed by atoms with Crippen molar-refractivity contribution in [3.63, 3.8) is 0 Å². The second kappa shape index (κ2) is 11.2. The molecular weight excluding hydrogens is 517 g/mol. The molecule has 1 aliphatic heterocycles. The normalized spacial score (nSPS) is 14.7. The first-order valence-corrected chi connectivity index (χ1v) is 14.4. The van der Waals surface area contributed by atoms with Crippen molar-refractivity contribution < 1.29 is 36.1 Å². The van der Waals surface area contributed by atoms with Gasteiger partial charge in [-0.2, -0.15) is 0 Å². The highest BCUT2D eigenvalue weighted by molar-refractivity contribution is 7.90. The van der Waals surface area contributed by atoms with E-state index in [1.54, 1.807) is 54.6 Å². The van der Waals surface area contributed by atoms with Crippen LogP contribution in [0.15, 0.2) is 77.7 Å². The number of methoxy groups -OCH3 is 1. The highest BCUT2D eigenvalue weighted by atomic mass is 32.2. The van der Waals surface area contributed by atoms with Crippen molar-refractivity contribution in [2.24, 2.45) is 0 Å². The largest absolute Gasteiger partial charge is 0.497 e. The Kier molecular flexibility index (Phi) is 8.16. The molecule has 0 spiro atoms. The van der Waals surface area contributed by atoms with Gasteiger partial charge in [-0.1, -0.05) is 74.5 Å². The van der Waals surface area contributed by atoms with Gasteiger partial charge in [-0.3, -0.25) is 18.4 Å². The number of rotatable bonds is 11. The minimum atomic E-state index is -4.31. The lowest BCUT2D eigenvalue weighted by molar-refractivity contribution is 0.0626. The molecule has 0 unspecified atom stereocenters. The maximum Gasteiger partial charge on any atom is 0.477 e. The van der Waals surface area contributed by atoms with Crippen molar-refractivity contribution in [1.29, 1.82) is 0 Å². The van der Waals surface area contributed by atoms with Crippen LogP contribution in [0.1, 0.15) is 46.8 Å². The second-order valence-corrected chi connectivity index (χ2v) is 12.1. The molecule has 1 amide bonds. The number of hydrogen-bond acceptors (Lipinski definition) is 8. The van der Waals surface area contributed by atoms with E-state index in [1.807, 2.05) is 26.0 Å². The molecule has 0 N–H and O–H groups in total. The predicted octanol–water partition coefficient (Wildman–Crippen LogP) is 5.48. The summed E-state index contributed by atoms with van der Waals surface area (Å²) in [5, 5.41) is 0. The number of amides is 1. The van der Waals surface area contributed by atoms with Crippen LogP contribution in [0.5, 0.6) is 5.75 Å². The Morgan fingerprint density at radius 3 is 1.89 bits per heavy atom. The highest BCUT2D eigenvalue weighted by Crippen LogP contribution is 2.52. The number of nitrogens with zero attached hydrogens (tertiary/aromatic N) is 1. The van der Waals surface area contributed by atoms with E-state index < -0.39 is 30.5 Å². The number of phosphoric ester groups is 1. The Bertz CT molecular complexity index is 1360. The molecule has 0 saturated heterocycles. The highest BCUT2D eigenvalue weighted by Gasteiger charge is 2.45. The molecule has 0 radical (unpaired) electrons. The van der Waals surface area contributed by atoms with Crippen LogP contribution in [0.4, 0.5) is 0 Å². The van der Waals surface area contributed by atoms with E-state index in [9.17, 15) is 17.8 Å². The van der Waals surface area contributed by atoms with Gasteiger partial charge >= 0.3 is 7.82 Å². The van der Waals surface area contributed by atoms with Crippen molar-refractivity contribution in [2.75, 3.05) is 13.8 Å². The first kappa shape index (κ1) is 27.0. The first-order valence-electron chi connectivity index (χ1n) is 11.5. The van der Waals surface area contributed by atoms with Gasteiger partial charge in [0.25, 0.3) is 15.9 Å². The summed E-state index contributed by atoms with van der Waals surface area (Å²) < 4.78 is 62.5. The van der Waals surface area contributed by atoms with Crippen molar-refractivity contribution >= 4 is 23.8 Å². The van der Waals surface area contributed by atoms with Crippen LogP contribution in [0.2, 0.25) is 0 Å². The molecular formula is C26H28NO8PS. The smallest absolute Gasteiger partial charge is 0.477 e. The Balaban J connectivity index is 1.58. The molecule has 196 valence electrons. The fourth-order valence-corrected chi connectivity index (χ4v) is 6.43. The molecule has 0 bridgehead atoms. The van der Waals surface area contributed by atoms with E-state index in [2.05, 4.69) is 0 Å². The average molecular weight is 546 g/mol. The summed E-state index contributed by atoms with van der Waals surface area (Å²) in [6.07, 6.45) is 0. The van der Waals surface area contributed by atoms with E-state index in [1.165, 1.54) is 13.2 Å². The molecule has 37 heavy (non-hydrogen) atoms. The lowest BCUT2D eigenvalue weighted by Crippen LogP contribution is -2.32. The van der Waals surface area contributed by atoms with Gasteiger partial charge in [0, 0.05) is 6.07 Å². The number of phosphoric acid groups is 1. The summed E-state index contributed by atoms with van der Waals surface area (Å²) >= 11 is 0. The van der Waals surface area contributed by atoms with Crippen LogP contribution in [-0.4, -0.2) is 32.5 Å². The van der Waals surface area contributed by atoms with Crippen LogP contribution in [-0.2, 0) is 41.4 Å². The Labute approximate surface area is 216 Å². The summed E-state index contributed by atoms with van der Waals surface area (Å²) in [6.45, 7) is 2.62. The summed E-state index contributed by atoms with van der Waals surface area (Å²) in [6, 6.07) is 20.9. The molecule has 0 aromatic heterocycles. The number of hydrogen-bond donors (Lipinski definition) is 0. The number of benzene rings is 3. The fraction of sp³-hybridized carbons (Fsp3) is 0.269. The molecule has 9 nitrogen and oxygen atoms in total. The summed E-state index contributed by atoms with van der Waals surface area (Å²) in [5.41, 5.74) is 1.99. The zero-order chi connectivity index (χ0) is 26.6. The zero-order valence-electron chi connectivity index (χ0n) is 20.7. The van der Waals surface area contributed by atoms with E-state index in [4.69, 9.17) is 18.3 Å². The van der Waals surface area contributed by atoms with E-state index in [0.29, 0.717) is 26.7 Å². The minimum absolute atomic E-state index is 0.0460. The molecule has 0 fully saturated rings. The molecule has 0 aliphatic carbocycles. The number of fused-ring (bicyclic) bond motifs is 1. The molecule has 1 aliphatic rings. The van der Waals surface area contributed by atoms with Crippen LogP contribution in [0.25, 0.3) is 0 Å². The zero-order valence-corrected chi connectivity index (χ0v) is 22.4. The third-order valence-corrected chi connectivity index (χ3v) is 8.82. The van der Waals surface area contributed by atoms with Crippen molar-refractivity contribution in [2.45, 2.75) is 37.9 Å². The quantitative estimate of drug-likeness (QED) is 0.292. The molecule has 0 saturated carbocycles.